The molecule has 1 aromatic carbocycles. The molecule has 138 valence electrons. The fourth-order valence-corrected chi connectivity index (χ4v) is 3.22. The summed E-state index contributed by atoms with van der Waals surface area (Å²) in [6.45, 7) is 1.87. The van der Waals surface area contributed by atoms with Crippen LogP contribution in [0.1, 0.15) is 33.7 Å². The lowest BCUT2D eigenvalue weighted by atomic mass is 10.1. The average molecular weight is 396 g/mol. The molecule has 0 aliphatic carbocycles. The Morgan fingerprint density at radius 1 is 1.23 bits per heavy atom. The third kappa shape index (κ3) is 4.17. The van der Waals surface area contributed by atoms with Crippen molar-refractivity contribution in [2.45, 2.75) is 18.9 Å². The Balaban J connectivity index is 1.69. The third-order valence-electron chi connectivity index (χ3n) is 4.35. The van der Waals surface area contributed by atoms with Gasteiger partial charge in [-0.25, -0.2) is 0 Å². The van der Waals surface area contributed by atoms with Crippen LogP contribution in [0, 0.1) is 0 Å². The van der Waals surface area contributed by atoms with Crippen molar-refractivity contribution in [2.24, 2.45) is 0 Å². The van der Waals surface area contributed by atoms with E-state index in [9.17, 15) is 9.59 Å². The molecule has 0 unspecified atom stereocenters. The normalized spacial score (nSPS) is 15.7. The van der Waals surface area contributed by atoms with Crippen molar-refractivity contribution in [1.82, 2.24) is 20.4 Å². The molecule has 2 amide bonds. The number of hydrogen-bond donors (Lipinski definition) is 3. The number of H-pyrrole nitrogens is 1. The van der Waals surface area contributed by atoms with E-state index in [-0.39, 0.29) is 38.9 Å². The van der Waals surface area contributed by atoms with Crippen molar-refractivity contribution in [2.75, 3.05) is 25.5 Å². The van der Waals surface area contributed by atoms with Crippen LogP contribution >= 0.6 is 23.2 Å². The standard InChI is InChI=1S/C17H19Cl2N5O2/c1-24-7-5-10(6-8-24)21-17(26)15-13(9-20-23-15)22-16(25)11-3-2-4-12(18)14(11)19/h2-4,9-10H,5-8H2,1H3,(H,20,23)(H,21,26)(H,22,25). The Morgan fingerprint density at radius 3 is 2.69 bits per heavy atom. The molecule has 2 heterocycles. The van der Waals surface area contributed by atoms with E-state index >= 15 is 0 Å². The quantitative estimate of drug-likeness (QED) is 0.742. The molecular formula is C17H19Cl2N5O2. The summed E-state index contributed by atoms with van der Waals surface area (Å²) in [5.74, 6) is -0.791. The van der Waals surface area contributed by atoms with Crippen molar-refractivity contribution in [3.63, 3.8) is 0 Å². The van der Waals surface area contributed by atoms with Gasteiger partial charge in [0.15, 0.2) is 5.69 Å². The van der Waals surface area contributed by atoms with Crippen LogP contribution in [0.25, 0.3) is 0 Å². The number of nitrogens with zero attached hydrogens (tertiary/aromatic N) is 2. The second kappa shape index (κ2) is 8.07. The molecule has 0 radical (unpaired) electrons. The van der Waals surface area contributed by atoms with Crippen LogP contribution in [-0.2, 0) is 0 Å². The predicted octanol–water partition coefficient (Wildman–Crippen LogP) is 2.79. The number of carbonyl (C=O) groups is 2. The average Bonchev–Trinajstić information content (AvgIpc) is 3.07. The van der Waals surface area contributed by atoms with Crippen molar-refractivity contribution in [1.29, 1.82) is 0 Å². The molecule has 7 nitrogen and oxygen atoms in total. The minimum absolute atomic E-state index is 0.0984. The summed E-state index contributed by atoms with van der Waals surface area (Å²) < 4.78 is 0. The van der Waals surface area contributed by atoms with Gasteiger partial charge in [-0.05, 0) is 45.1 Å². The Labute approximate surface area is 161 Å². The Kier molecular flexibility index (Phi) is 5.80. The lowest BCUT2D eigenvalue weighted by Crippen LogP contribution is -2.43. The molecule has 0 atom stereocenters. The lowest BCUT2D eigenvalue weighted by Gasteiger charge is -2.29. The summed E-state index contributed by atoms with van der Waals surface area (Å²) in [6.07, 6.45) is 3.22. The molecule has 1 saturated heterocycles. The van der Waals surface area contributed by atoms with Crippen molar-refractivity contribution < 1.29 is 9.59 Å². The van der Waals surface area contributed by atoms with Crippen LogP contribution in [0.4, 0.5) is 5.69 Å². The molecule has 0 spiro atoms. The number of halogens is 2. The highest BCUT2D eigenvalue weighted by Crippen LogP contribution is 2.26. The molecule has 3 rings (SSSR count). The first-order valence-corrected chi connectivity index (χ1v) is 9.00. The highest BCUT2D eigenvalue weighted by molar-refractivity contribution is 6.44. The van der Waals surface area contributed by atoms with E-state index < -0.39 is 5.91 Å². The Morgan fingerprint density at radius 2 is 1.96 bits per heavy atom. The summed E-state index contributed by atoms with van der Waals surface area (Å²) in [7, 11) is 2.06. The number of aromatic amines is 1. The van der Waals surface area contributed by atoms with Gasteiger partial charge in [0.2, 0.25) is 0 Å². The van der Waals surface area contributed by atoms with Crippen molar-refractivity contribution >= 4 is 40.7 Å². The molecule has 2 aromatic rings. The van der Waals surface area contributed by atoms with Gasteiger partial charge in [0.1, 0.15) is 0 Å². The molecule has 0 saturated carbocycles. The molecule has 26 heavy (non-hydrogen) atoms. The minimum atomic E-state index is -0.466. The smallest absolute Gasteiger partial charge is 0.274 e. The number of amides is 2. The largest absolute Gasteiger partial charge is 0.348 e. The van der Waals surface area contributed by atoms with E-state index in [1.165, 1.54) is 6.20 Å². The number of likely N-dealkylation sites (tertiary alicyclic amines) is 1. The molecule has 0 bridgehead atoms. The zero-order valence-corrected chi connectivity index (χ0v) is 15.7. The second-order valence-corrected chi connectivity index (χ2v) is 7.04. The first-order chi connectivity index (χ1) is 12.5. The van der Waals surface area contributed by atoms with E-state index in [4.69, 9.17) is 23.2 Å². The summed E-state index contributed by atoms with van der Waals surface area (Å²) in [5.41, 5.74) is 0.647. The molecule has 1 aromatic heterocycles. The van der Waals surface area contributed by atoms with Crippen LogP contribution in [0.15, 0.2) is 24.4 Å². The van der Waals surface area contributed by atoms with Crippen LogP contribution in [-0.4, -0.2) is 53.1 Å². The molecular weight excluding hydrogens is 377 g/mol. The molecule has 1 fully saturated rings. The summed E-state index contributed by atoms with van der Waals surface area (Å²) in [5, 5.41) is 12.6. The fourth-order valence-electron chi connectivity index (χ4n) is 2.83. The molecule has 1 aliphatic heterocycles. The van der Waals surface area contributed by atoms with E-state index in [0.717, 1.165) is 25.9 Å². The number of hydrogen-bond acceptors (Lipinski definition) is 4. The topological polar surface area (TPSA) is 90.1 Å². The maximum Gasteiger partial charge on any atom is 0.274 e. The number of anilines is 1. The van der Waals surface area contributed by atoms with Gasteiger partial charge in [0.05, 0.1) is 21.3 Å². The fraction of sp³-hybridized carbons (Fsp3) is 0.353. The third-order valence-corrected chi connectivity index (χ3v) is 5.17. The van der Waals surface area contributed by atoms with E-state index in [1.807, 2.05) is 0 Å². The van der Waals surface area contributed by atoms with Gasteiger partial charge in [0.25, 0.3) is 11.8 Å². The van der Waals surface area contributed by atoms with Crippen LogP contribution in [0.3, 0.4) is 0 Å². The zero-order chi connectivity index (χ0) is 18.7. The molecule has 1 aliphatic rings. The van der Waals surface area contributed by atoms with E-state index in [1.54, 1.807) is 18.2 Å². The Hall–Kier alpha value is -2.09. The minimum Gasteiger partial charge on any atom is -0.348 e. The van der Waals surface area contributed by atoms with E-state index in [0.29, 0.717) is 0 Å². The first kappa shape index (κ1) is 18.7. The maximum atomic E-state index is 12.5. The number of nitrogens with one attached hydrogen (secondary N) is 3. The zero-order valence-electron chi connectivity index (χ0n) is 14.2. The van der Waals surface area contributed by atoms with Gasteiger partial charge >= 0.3 is 0 Å². The highest BCUT2D eigenvalue weighted by atomic mass is 35.5. The number of benzene rings is 1. The maximum absolute atomic E-state index is 12.5. The van der Waals surface area contributed by atoms with Gasteiger partial charge in [-0.1, -0.05) is 29.3 Å². The second-order valence-electron chi connectivity index (χ2n) is 6.25. The summed E-state index contributed by atoms with van der Waals surface area (Å²) >= 11 is 12.0. The molecule has 9 heteroatoms. The number of rotatable bonds is 4. The number of piperidine rings is 1. The first-order valence-electron chi connectivity index (χ1n) is 8.24. The van der Waals surface area contributed by atoms with Crippen molar-refractivity contribution in [3.05, 3.63) is 45.7 Å². The summed E-state index contributed by atoms with van der Waals surface area (Å²) in [4.78, 5) is 27.2. The van der Waals surface area contributed by atoms with Crippen LogP contribution in [0.5, 0.6) is 0 Å². The monoisotopic (exact) mass is 395 g/mol. The van der Waals surface area contributed by atoms with Gasteiger partial charge in [-0.2, -0.15) is 5.10 Å². The van der Waals surface area contributed by atoms with Gasteiger partial charge in [-0.3, -0.25) is 14.7 Å². The van der Waals surface area contributed by atoms with Gasteiger partial charge in [-0.15, -0.1) is 0 Å². The van der Waals surface area contributed by atoms with Crippen LogP contribution < -0.4 is 10.6 Å². The Bertz CT molecular complexity index is 815. The van der Waals surface area contributed by atoms with Crippen LogP contribution in [0.2, 0.25) is 10.0 Å². The molecule has 3 N–H and O–H groups in total. The highest BCUT2D eigenvalue weighted by Gasteiger charge is 2.23. The van der Waals surface area contributed by atoms with Crippen molar-refractivity contribution in [3.8, 4) is 0 Å². The van der Waals surface area contributed by atoms with E-state index in [2.05, 4.69) is 32.8 Å². The number of aromatic nitrogens is 2. The van der Waals surface area contributed by atoms with Gasteiger partial charge < -0.3 is 15.5 Å². The predicted molar refractivity (Wildman–Crippen MR) is 101 cm³/mol. The number of carbonyl (C=O) groups excluding carboxylic acids is 2. The van der Waals surface area contributed by atoms with Gasteiger partial charge in [0, 0.05) is 12.2 Å². The SMILES string of the molecule is CN1CCC(NC(=O)c2n[nH]cc2NC(=O)c2cccc(Cl)c2Cl)CC1. The lowest BCUT2D eigenvalue weighted by molar-refractivity contribution is 0.0912. The summed E-state index contributed by atoms with van der Waals surface area (Å²) in [6, 6.07) is 4.88.